The van der Waals surface area contributed by atoms with Gasteiger partial charge < -0.3 is 9.13 Å². The third-order valence-electron chi connectivity index (χ3n) is 3.12. The molecule has 0 spiro atoms. The van der Waals surface area contributed by atoms with Crippen LogP contribution in [-0.4, -0.2) is 24.1 Å². The van der Waals surface area contributed by atoms with Crippen molar-refractivity contribution in [2.75, 3.05) is 0 Å². The van der Waals surface area contributed by atoms with E-state index in [-0.39, 0.29) is 6.04 Å². The first-order valence-corrected chi connectivity index (χ1v) is 6.66. The van der Waals surface area contributed by atoms with Gasteiger partial charge in [-0.05, 0) is 19.1 Å². The summed E-state index contributed by atoms with van der Waals surface area (Å²) in [5.74, 6) is 1.23. The molecule has 0 N–H and O–H groups in total. The summed E-state index contributed by atoms with van der Waals surface area (Å²) in [5, 5.41) is 0. The minimum absolute atomic E-state index is 0.211. The monoisotopic (exact) mass is 275 g/mol. The summed E-state index contributed by atoms with van der Waals surface area (Å²) >= 11 is 6.00. The molecule has 3 rings (SSSR count). The Labute approximate surface area is 115 Å². The highest BCUT2D eigenvalue weighted by Gasteiger charge is 2.16. The number of imidazole rings is 2. The maximum Gasteiger partial charge on any atom is 0.160 e. The fourth-order valence-corrected chi connectivity index (χ4v) is 2.50. The van der Waals surface area contributed by atoms with E-state index in [1.807, 2.05) is 29.2 Å². The third-order valence-corrected chi connectivity index (χ3v) is 3.36. The van der Waals surface area contributed by atoms with Crippen molar-refractivity contribution in [3.05, 3.63) is 42.9 Å². The van der Waals surface area contributed by atoms with E-state index >= 15 is 0 Å². The van der Waals surface area contributed by atoms with Crippen molar-refractivity contribution in [1.29, 1.82) is 0 Å². The van der Waals surface area contributed by atoms with Gasteiger partial charge in [0.25, 0.3) is 0 Å². The molecule has 0 aromatic carbocycles. The summed E-state index contributed by atoms with van der Waals surface area (Å²) < 4.78 is 4.14. The second kappa shape index (κ2) is 5.01. The number of halogens is 1. The standard InChI is InChI=1S/C13H14ClN5/c1-10(8-18-6-5-15-9-18)19-12(7-14)17-11-3-2-4-16-13(11)19/h2-6,9-10H,7-8H2,1H3. The van der Waals surface area contributed by atoms with E-state index in [2.05, 4.69) is 26.4 Å². The second-order valence-corrected chi connectivity index (χ2v) is 4.75. The van der Waals surface area contributed by atoms with E-state index in [1.165, 1.54) is 0 Å². The van der Waals surface area contributed by atoms with Gasteiger partial charge in [0.2, 0.25) is 0 Å². The number of aromatic nitrogens is 5. The van der Waals surface area contributed by atoms with Crippen molar-refractivity contribution >= 4 is 22.8 Å². The SMILES string of the molecule is CC(Cn1ccnc1)n1c(CCl)nc2cccnc21. The lowest BCUT2D eigenvalue weighted by Crippen LogP contribution is -2.14. The summed E-state index contributed by atoms with van der Waals surface area (Å²) in [5.41, 5.74) is 1.77. The molecule has 6 heteroatoms. The predicted molar refractivity (Wildman–Crippen MR) is 74.0 cm³/mol. The molecule has 3 heterocycles. The van der Waals surface area contributed by atoms with Crippen LogP contribution >= 0.6 is 11.6 Å². The van der Waals surface area contributed by atoms with Crippen molar-refractivity contribution in [2.24, 2.45) is 0 Å². The molecule has 0 aliphatic rings. The van der Waals surface area contributed by atoms with E-state index in [9.17, 15) is 0 Å². The van der Waals surface area contributed by atoms with Crippen molar-refractivity contribution in [3.63, 3.8) is 0 Å². The zero-order chi connectivity index (χ0) is 13.2. The molecule has 1 atom stereocenters. The van der Waals surface area contributed by atoms with E-state index in [4.69, 9.17) is 11.6 Å². The molecule has 0 fully saturated rings. The van der Waals surface area contributed by atoms with E-state index in [0.717, 1.165) is 23.5 Å². The molecule has 98 valence electrons. The van der Waals surface area contributed by atoms with E-state index in [1.54, 1.807) is 12.4 Å². The summed E-state index contributed by atoms with van der Waals surface area (Å²) in [6.45, 7) is 2.94. The highest BCUT2D eigenvalue weighted by molar-refractivity contribution is 6.16. The minimum atomic E-state index is 0.211. The van der Waals surface area contributed by atoms with Gasteiger partial charge in [0.15, 0.2) is 5.65 Å². The average molecular weight is 276 g/mol. The maximum atomic E-state index is 6.00. The largest absolute Gasteiger partial charge is 0.335 e. The van der Waals surface area contributed by atoms with Gasteiger partial charge in [-0.15, -0.1) is 11.6 Å². The first kappa shape index (κ1) is 12.2. The normalized spacial score (nSPS) is 12.9. The molecular formula is C13H14ClN5. The van der Waals surface area contributed by atoms with Crippen LogP contribution in [0.25, 0.3) is 11.2 Å². The lowest BCUT2D eigenvalue weighted by molar-refractivity contribution is 0.462. The van der Waals surface area contributed by atoms with Gasteiger partial charge in [-0.3, -0.25) is 0 Å². The molecule has 0 amide bonds. The summed E-state index contributed by atoms with van der Waals surface area (Å²) in [6, 6.07) is 4.06. The van der Waals surface area contributed by atoms with Gasteiger partial charge in [0.05, 0.1) is 18.2 Å². The van der Waals surface area contributed by atoms with Crippen LogP contribution in [0, 0.1) is 0 Å². The Morgan fingerprint density at radius 1 is 1.37 bits per heavy atom. The number of hydrogen-bond acceptors (Lipinski definition) is 3. The highest BCUT2D eigenvalue weighted by Crippen LogP contribution is 2.21. The number of nitrogens with zero attached hydrogens (tertiary/aromatic N) is 5. The van der Waals surface area contributed by atoms with Crippen LogP contribution in [0.4, 0.5) is 0 Å². The Morgan fingerprint density at radius 2 is 2.26 bits per heavy atom. The number of rotatable bonds is 4. The molecule has 1 unspecified atom stereocenters. The Kier molecular flexibility index (Phi) is 3.21. The van der Waals surface area contributed by atoms with Gasteiger partial charge >= 0.3 is 0 Å². The third kappa shape index (κ3) is 2.21. The lowest BCUT2D eigenvalue weighted by Gasteiger charge is -2.16. The Hall–Kier alpha value is -1.88. The molecule has 5 nitrogen and oxygen atoms in total. The van der Waals surface area contributed by atoms with Crippen molar-refractivity contribution in [1.82, 2.24) is 24.1 Å². The second-order valence-electron chi connectivity index (χ2n) is 4.49. The topological polar surface area (TPSA) is 48.5 Å². The van der Waals surface area contributed by atoms with Crippen LogP contribution in [0.1, 0.15) is 18.8 Å². The number of alkyl halides is 1. The Balaban J connectivity index is 2.02. The minimum Gasteiger partial charge on any atom is -0.335 e. The van der Waals surface area contributed by atoms with Gasteiger partial charge in [-0.25, -0.2) is 15.0 Å². The fraction of sp³-hybridized carbons (Fsp3) is 0.308. The lowest BCUT2D eigenvalue weighted by atomic mass is 10.3. The smallest absolute Gasteiger partial charge is 0.160 e. The Bertz CT molecular complexity index is 673. The van der Waals surface area contributed by atoms with Crippen LogP contribution in [0.3, 0.4) is 0 Å². The first-order valence-electron chi connectivity index (χ1n) is 6.13. The van der Waals surface area contributed by atoms with Gasteiger partial charge in [-0.2, -0.15) is 0 Å². The van der Waals surface area contributed by atoms with Crippen LogP contribution in [0.2, 0.25) is 0 Å². The molecule has 0 bridgehead atoms. The van der Waals surface area contributed by atoms with Crippen LogP contribution in [0.15, 0.2) is 37.1 Å². The van der Waals surface area contributed by atoms with Gasteiger partial charge in [0, 0.05) is 25.1 Å². The number of pyridine rings is 1. The molecule has 0 saturated carbocycles. The summed E-state index contributed by atoms with van der Waals surface area (Å²) in [7, 11) is 0. The van der Waals surface area contributed by atoms with E-state index in [0.29, 0.717) is 5.88 Å². The van der Waals surface area contributed by atoms with E-state index < -0.39 is 0 Å². The molecule has 0 aliphatic carbocycles. The summed E-state index contributed by atoms with van der Waals surface area (Å²) in [4.78, 5) is 13.0. The molecule has 0 aliphatic heterocycles. The molecular weight excluding hydrogens is 262 g/mol. The zero-order valence-corrected chi connectivity index (χ0v) is 11.3. The van der Waals surface area contributed by atoms with Gasteiger partial charge in [-0.1, -0.05) is 0 Å². The van der Waals surface area contributed by atoms with Crippen LogP contribution < -0.4 is 0 Å². The van der Waals surface area contributed by atoms with Crippen molar-refractivity contribution in [3.8, 4) is 0 Å². The first-order chi connectivity index (χ1) is 9.29. The predicted octanol–water partition coefficient (Wildman–Crippen LogP) is 2.63. The van der Waals surface area contributed by atoms with Crippen molar-refractivity contribution in [2.45, 2.75) is 25.4 Å². The maximum absolute atomic E-state index is 6.00. The van der Waals surface area contributed by atoms with Gasteiger partial charge in [0.1, 0.15) is 11.3 Å². The average Bonchev–Trinajstić information content (AvgIpc) is 3.04. The van der Waals surface area contributed by atoms with Crippen LogP contribution in [0.5, 0.6) is 0 Å². The number of fused-ring (bicyclic) bond motifs is 1. The molecule has 19 heavy (non-hydrogen) atoms. The molecule has 0 radical (unpaired) electrons. The Morgan fingerprint density at radius 3 is 3.00 bits per heavy atom. The molecule has 3 aromatic heterocycles. The summed E-state index contributed by atoms with van der Waals surface area (Å²) in [6.07, 6.45) is 7.31. The van der Waals surface area contributed by atoms with Crippen molar-refractivity contribution < 1.29 is 0 Å². The zero-order valence-electron chi connectivity index (χ0n) is 10.6. The fourth-order valence-electron chi connectivity index (χ4n) is 2.32. The highest BCUT2D eigenvalue weighted by atomic mass is 35.5. The van der Waals surface area contributed by atoms with Crippen LogP contribution in [-0.2, 0) is 12.4 Å². The molecule has 3 aromatic rings. The number of hydrogen-bond donors (Lipinski definition) is 0. The quantitative estimate of drug-likeness (QED) is 0.688. The molecule has 0 saturated heterocycles.